The second kappa shape index (κ2) is 4.30. The zero-order chi connectivity index (χ0) is 11.8. The Balaban J connectivity index is 2.25. The molecule has 0 aliphatic heterocycles. The standard InChI is InChI=1S/C14H27NO/c1-11-5-3-7-13(9-11,10-15)14(16)8-4-6-12(14)2/h11-12,16H,3-10,15H2,1-2H3. The molecule has 0 aromatic carbocycles. The van der Waals surface area contributed by atoms with Crippen molar-refractivity contribution >= 4 is 0 Å². The molecule has 0 aromatic heterocycles. The summed E-state index contributed by atoms with van der Waals surface area (Å²) in [5.41, 5.74) is 5.61. The Kier molecular flexibility index (Phi) is 3.33. The van der Waals surface area contributed by atoms with E-state index in [-0.39, 0.29) is 5.41 Å². The second-order valence-corrected chi connectivity index (χ2v) is 6.40. The molecule has 4 atom stereocenters. The van der Waals surface area contributed by atoms with Crippen LogP contribution in [0.3, 0.4) is 0 Å². The Bertz CT molecular complexity index is 255. The molecule has 0 spiro atoms. The highest BCUT2D eigenvalue weighted by molar-refractivity contribution is 5.06. The van der Waals surface area contributed by atoms with Crippen molar-refractivity contribution in [2.24, 2.45) is 23.0 Å². The normalized spacial score (nSPS) is 49.5. The maximum absolute atomic E-state index is 11.1. The Hall–Kier alpha value is -0.0800. The Morgan fingerprint density at radius 2 is 1.88 bits per heavy atom. The smallest absolute Gasteiger partial charge is 0.0741 e. The zero-order valence-corrected chi connectivity index (χ0v) is 10.8. The lowest BCUT2D eigenvalue weighted by Crippen LogP contribution is -2.56. The van der Waals surface area contributed by atoms with Crippen LogP contribution >= 0.6 is 0 Å². The molecule has 0 amide bonds. The molecule has 0 saturated heterocycles. The van der Waals surface area contributed by atoms with Crippen LogP contribution in [-0.4, -0.2) is 17.3 Å². The van der Waals surface area contributed by atoms with Crippen LogP contribution in [0.4, 0.5) is 0 Å². The average Bonchev–Trinajstić information content (AvgIpc) is 2.61. The molecule has 2 heteroatoms. The van der Waals surface area contributed by atoms with Gasteiger partial charge in [-0.1, -0.05) is 33.1 Å². The molecular formula is C14H27NO. The molecule has 94 valence electrons. The quantitative estimate of drug-likeness (QED) is 0.759. The SMILES string of the molecule is CC1CCCC(CN)(C2(O)CCCC2C)C1. The van der Waals surface area contributed by atoms with Gasteiger partial charge >= 0.3 is 0 Å². The molecule has 2 saturated carbocycles. The predicted molar refractivity (Wildman–Crippen MR) is 67.1 cm³/mol. The van der Waals surface area contributed by atoms with Gasteiger partial charge in [0.15, 0.2) is 0 Å². The van der Waals surface area contributed by atoms with Gasteiger partial charge < -0.3 is 10.8 Å². The number of hydrogen-bond donors (Lipinski definition) is 2. The summed E-state index contributed by atoms with van der Waals surface area (Å²) in [6.07, 6.45) is 8.14. The molecule has 2 fully saturated rings. The highest BCUT2D eigenvalue weighted by Crippen LogP contribution is 2.54. The van der Waals surface area contributed by atoms with E-state index in [2.05, 4.69) is 13.8 Å². The van der Waals surface area contributed by atoms with Gasteiger partial charge in [0.05, 0.1) is 5.60 Å². The summed E-state index contributed by atoms with van der Waals surface area (Å²) >= 11 is 0. The molecule has 0 heterocycles. The van der Waals surface area contributed by atoms with Gasteiger partial charge in [-0.15, -0.1) is 0 Å². The van der Waals surface area contributed by atoms with E-state index in [9.17, 15) is 5.11 Å². The van der Waals surface area contributed by atoms with Crippen LogP contribution in [0.5, 0.6) is 0 Å². The summed E-state index contributed by atoms with van der Waals surface area (Å²) in [6.45, 7) is 5.19. The summed E-state index contributed by atoms with van der Waals surface area (Å²) in [7, 11) is 0. The van der Waals surface area contributed by atoms with E-state index in [1.165, 1.54) is 25.7 Å². The molecule has 0 aromatic rings. The fourth-order valence-electron chi connectivity index (χ4n) is 4.37. The van der Waals surface area contributed by atoms with Gasteiger partial charge in [0.25, 0.3) is 0 Å². The minimum absolute atomic E-state index is 0.0145. The predicted octanol–water partition coefficient (Wildman–Crippen LogP) is 2.69. The van der Waals surface area contributed by atoms with Gasteiger partial charge in [-0.05, 0) is 37.5 Å². The first kappa shape index (κ1) is 12.4. The number of hydrogen-bond acceptors (Lipinski definition) is 2. The fourth-order valence-corrected chi connectivity index (χ4v) is 4.37. The van der Waals surface area contributed by atoms with Crippen LogP contribution in [0, 0.1) is 17.3 Å². The first-order valence-electron chi connectivity index (χ1n) is 6.96. The van der Waals surface area contributed by atoms with Crippen LogP contribution in [-0.2, 0) is 0 Å². The van der Waals surface area contributed by atoms with E-state index in [1.54, 1.807) is 0 Å². The van der Waals surface area contributed by atoms with E-state index in [0.29, 0.717) is 12.5 Å². The van der Waals surface area contributed by atoms with Crippen molar-refractivity contribution in [1.82, 2.24) is 0 Å². The van der Waals surface area contributed by atoms with Crippen molar-refractivity contribution in [3.63, 3.8) is 0 Å². The molecule has 0 bridgehead atoms. The third kappa shape index (κ3) is 1.70. The first-order chi connectivity index (χ1) is 7.54. The van der Waals surface area contributed by atoms with Gasteiger partial charge in [0.2, 0.25) is 0 Å². The molecule has 0 radical (unpaired) electrons. The van der Waals surface area contributed by atoms with Crippen molar-refractivity contribution in [3.8, 4) is 0 Å². The third-order valence-electron chi connectivity index (χ3n) is 5.41. The van der Waals surface area contributed by atoms with Gasteiger partial charge in [-0.3, -0.25) is 0 Å². The van der Waals surface area contributed by atoms with Crippen molar-refractivity contribution < 1.29 is 5.11 Å². The van der Waals surface area contributed by atoms with Crippen molar-refractivity contribution in [1.29, 1.82) is 0 Å². The number of aliphatic hydroxyl groups is 1. The molecule has 2 nitrogen and oxygen atoms in total. The minimum atomic E-state index is -0.476. The topological polar surface area (TPSA) is 46.2 Å². The summed E-state index contributed by atoms with van der Waals surface area (Å²) < 4.78 is 0. The van der Waals surface area contributed by atoms with Crippen LogP contribution < -0.4 is 5.73 Å². The van der Waals surface area contributed by atoms with Crippen molar-refractivity contribution in [3.05, 3.63) is 0 Å². The lowest BCUT2D eigenvalue weighted by molar-refractivity contribution is -0.128. The average molecular weight is 225 g/mol. The lowest BCUT2D eigenvalue weighted by atomic mass is 9.58. The monoisotopic (exact) mass is 225 g/mol. The maximum atomic E-state index is 11.1. The highest BCUT2D eigenvalue weighted by atomic mass is 16.3. The molecule has 3 N–H and O–H groups in total. The van der Waals surface area contributed by atoms with E-state index >= 15 is 0 Å². The van der Waals surface area contributed by atoms with Crippen molar-refractivity contribution in [2.45, 2.75) is 64.4 Å². The Labute approximate surface area is 99.6 Å². The van der Waals surface area contributed by atoms with E-state index < -0.39 is 5.60 Å². The summed E-state index contributed by atoms with van der Waals surface area (Å²) in [5, 5.41) is 11.1. The van der Waals surface area contributed by atoms with Gasteiger partial charge in [-0.2, -0.15) is 0 Å². The fraction of sp³-hybridized carbons (Fsp3) is 1.00. The van der Waals surface area contributed by atoms with Crippen molar-refractivity contribution in [2.75, 3.05) is 6.54 Å². The van der Waals surface area contributed by atoms with Gasteiger partial charge in [-0.25, -0.2) is 0 Å². The minimum Gasteiger partial charge on any atom is -0.389 e. The second-order valence-electron chi connectivity index (χ2n) is 6.40. The molecule has 4 unspecified atom stereocenters. The maximum Gasteiger partial charge on any atom is 0.0741 e. The molecular weight excluding hydrogens is 198 g/mol. The van der Waals surface area contributed by atoms with E-state index in [1.807, 2.05) is 0 Å². The molecule has 2 aliphatic carbocycles. The van der Waals surface area contributed by atoms with Crippen LogP contribution in [0.25, 0.3) is 0 Å². The highest BCUT2D eigenvalue weighted by Gasteiger charge is 2.55. The zero-order valence-electron chi connectivity index (χ0n) is 10.8. The third-order valence-corrected chi connectivity index (χ3v) is 5.41. The number of nitrogens with two attached hydrogens (primary N) is 1. The summed E-state index contributed by atoms with van der Waals surface area (Å²) in [4.78, 5) is 0. The largest absolute Gasteiger partial charge is 0.389 e. The lowest BCUT2D eigenvalue weighted by Gasteiger charge is -2.51. The van der Waals surface area contributed by atoms with Gasteiger partial charge in [0.1, 0.15) is 0 Å². The molecule has 16 heavy (non-hydrogen) atoms. The van der Waals surface area contributed by atoms with E-state index in [4.69, 9.17) is 5.73 Å². The summed E-state index contributed by atoms with van der Waals surface area (Å²) in [5.74, 6) is 1.16. The number of rotatable bonds is 2. The van der Waals surface area contributed by atoms with Crippen LogP contribution in [0.1, 0.15) is 58.8 Å². The Morgan fingerprint density at radius 1 is 1.19 bits per heavy atom. The molecule has 2 aliphatic rings. The van der Waals surface area contributed by atoms with Crippen LogP contribution in [0.15, 0.2) is 0 Å². The molecule has 2 rings (SSSR count). The van der Waals surface area contributed by atoms with Gasteiger partial charge in [0, 0.05) is 12.0 Å². The van der Waals surface area contributed by atoms with Crippen LogP contribution in [0.2, 0.25) is 0 Å². The van der Waals surface area contributed by atoms with E-state index in [0.717, 1.165) is 25.2 Å². The Morgan fingerprint density at radius 3 is 2.38 bits per heavy atom. The first-order valence-corrected chi connectivity index (χ1v) is 6.96. The summed E-state index contributed by atoms with van der Waals surface area (Å²) in [6, 6.07) is 0.